The van der Waals surface area contributed by atoms with E-state index in [-0.39, 0.29) is 0 Å². The van der Waals surface area contributed by atoms with Crippen LogP contribution in [-0.2, 0) is 0 Å². The summed E-state index contributed by atoms with van der Waals surface area (Å²) in [6.45, 7) is 8.81. The van der Waals surface area contributed by atoms with Gasteiger partial charge in [-0.15, -0.1) is 0 Å². The molecule has 11 aromatic carbocycles. The predicted molar refractivity (Wildman–Crippen MR) is 358 cm³/mol. The molecule has 0 fully saturated rings. The number of hydrogen-bond donors (Lipinski definition) is 0. The summed E-state index contributed by atoms with van der Waals surface area (Å²) in [5.74, 6) is 0.621. The zero-order valence-electron chi connectivity index (χ0n) is 48.0. The summed E-state index contributed by atoms with van der Waals surface area (Å²) in [6, 6.07) is 91.4. The number of aromatic nitrogens is 7. The zero-order chi connectivity index (χ0) is 57.3. The largest absolute Gasteiger partial charge is 0.306 e. The molecule has 0 N–H and O–H groups in total. The summed E-state index contributed by atoms with van der Waals surface area (Å²) in [5.41, 5.74) is 23.7. The monoisotopic (exact) mass is 1100 g/mol. The van der Waals surface area contributed by atoms with E-state index in [2.05, 4.69) is 295 Å². The molecule has 406 valence electrons. The minimum absolute atomic E-state index is 0.621. The lowest BCUT2D eigenvalue weighted by molar-refractivity contribution is 1.02. The Labute approximate surface area is 496 Å². The van der Waals surface area contributed by atoms with Crippen molar-refractivity contribution in [2.24, 2.45) is 0 Å². The maximum absolute atomic E-state index is 5.98. The van der Waals surface area contributed by atoms with Crippen LogP contribution in [0, 0.1) is 27.7 Å². The molecule has 17 rings (SSSR count). The van der Waals surface area contributed by atoms with Gasteiger partial charge in [0.1, 0.15) is 0 Å². The van der Waals surface area contributed by atoms with Gasteiger partial charge in [0.2, 0.25) is 0 Å². The molecule has 0 saturated carbocycles. The lowest BCUT2D eigenvalue weighted by Gasteiger charge is -2.31. The normalized spacial score (nSPS) is 12.0. The highest BCUT2D eigenvalue weighted by Gasteiger charge is 2.36. The van der Waals surface area contributed by atoms with Crippen molar-refractivity contribution in [3.63, 3.8) is 0 Å². The van der Waals surface area contributed by atoms with Crippen LogP contribution in [0.3, 0.4) is 0 Å². The third kappa shape index (κ3) is 7.44. The van der Waals surface area contributed by atoms with E-state index in [0.717, 1.165) is 133 Å². The molecule has 0 spiro atoms. The minimum atomic E-state index is 0.621. The summed E-state index contributed by atoms with van der Waals surface area (Å²) >= 11 is 0. The molecule has 7 nitrogen and oxygen atoms in total. The first kappa shape index (κ1) is 49.5. The number of aryl methyl sites for hydroxylation is 4. The Morgan fingerprint density at radius 3 is 0.977 bits per heavy atom. The van der Waals surface area contributed by atoms with Gasteiger partial charge in [-0.1, -0.05) is 180 Å². The second kappa shape index (κ2) is 19.2. The Kier molecular flexibility index (Phi) is 11.0. The van der Waals surface area contributed by atoms with Gasteiger partial charge in [0, 0.05) is 77.7 Å². The molecule has 0 saturated heterocycles. The summed E-state index contributed by atoms with van der Waals surface area (Å²) in [7, 11) is 0. The Morgan fingerprint density at radius 1 is 0.244 bits per heavy atom. The van der Waals surface area contributed by atoms with Crippen LogP contribution in [0.1, 0.15) is 22.3 Å². The van der Waals surface area contributed by atoms with Gasteiger partial charge < -0.3 is 18.3 Å². The van der Waals surface area contributed by atoms with Crippen LogP contribution in [0.15, 0.2) is 261 Å². The van der Waals surface area contributed by atoms with Crippen LogP contribution >= 0.6 is 0 Å². The first-order chi connectivity index (χ1) is 42.3. The van der Waals surface area contributed by atoms with Gasteiger partial charge in [-0.25, -0.2) is 9.97 Å². The van der Waals surface area contributed by atoms with Crippen LogP contribution in [0.2, 0.25) is 0 Å². The number of pyridine rings is 1. The third-order valence-electron chi connectivity index (χ3n) is 17.7. The van der Waals surface area contributed by atoms with Gasteiger partial charge in [0.15, 0.2) is 5.82 Å². The predicted octanol–water partition coefficient (Wildman–Crippen LogP) is 20.2. The molecule has 0 unspecified atom stereocenters. The molecular formula is C79H55N7. The summed E-state index contributed by atoms with van der Waals surface area (Å²) in [4.78, 5) is 16.3. The zero-order valence-corrected chi connectivity index (χ0v) is 48.0. The van der Waals surface area contributed by atoms with Crippen molar-refractivity contribution in [1.29, 1.82) is 0 Å². The van der Waals surface area contributed by atoms with Crippen molar-refractivity contribution in [3.8, 4) is 67.8 Å². The summed E-state index contributed by atoms with van der Waals surface area (Å²) in [5, 5.41) is 9.31. The summed E-state index contributed by atoms with van der Waals surface area (Å²) < 4.78 is 10.3. The van der Waals surface area contributed by atoms with E-state index in [1.807, 2.05) is 12.4 Å². The SMILES string of the molecule is Cc1ccc2c(c1)c1ccccc1n2-c1c(-c2ccncc2)c(-c2cc(-c3ccccc3)nc(-c3ccccc3)n2)c(-n2c3ccccc3c3cc(C)ccc32)c(-n2c3ccccc3c3cc(C)ccc32)c1-n1c2ccccc2c2cc(C)ccc21. The topological polar surface area (TPSA) is 58.4 Å². The molecule has 0 radical (unpaired) electrons. The second-order valence-electron chi connectivity index (χ2n) is 23.1. The van der Waals surface area contributed by atoms with Gasteiger partial charge >= 0.3 is 0 Å². The van der Waals surface area contributed by atoms with Crippen molar-refractivity contribution in [2.45, 2.75) is 27.7 Å². The number of hydrogen-bond acceptors (Lipinski definition) is 3. The Hall–Kier alpha value is -11.2. The Morgan fingerprint density at radius 2 is 0.570 bits per heavy atom. The van der Waals surface area contributed by atoms with E-state index >= 15 is 0 Å². The van der Waals surface area contributed by atoms with E-state index in [9.17, 15) is 0 Å². The highest BCUT2D eigenvalue weighted by atomic mass is 15.1. The van der Waals surface area contributed by atoms with Crippen molar-refractivity contribution >= 4 is 87.2 Å². The van der Waals surface area contributed by atoms with E-state index in [4.69, 9.17) is 15.0 Å². The standard InChI is InChI=1S/C79H55N7/c1-48-31-35-69-59(43-48)55-23-11-15-27-65(55)83(69)75-73(53-39-41-80-42-40-53)74(64-47-63(52-19-7-5-8-20-52)81-79(82-64)54-21-9-6-10-22-54)76(84-66-28-16-12-24-56(66)60-44-49(2)32-36-70(60)84)78(86-68-30-18-14-26-58(68)62-46-51(4)34-38-72(62)86)77(75)85-67-29-17-13-25-57(67)61-45-50(3)33-37-71(61)85/h5-47H,1-4H3. The van der Waals surface area contributed by atoms with Crippen LogP contribution in [0.4, 0.5) is 0 Å². The lowest BCUT2D eigenvalue weighted by Crippen LogP contribution is -2.17. The molecule has 0 amide bonds. The molecule has 6 aromatic heterocycles. The number of para-hydroxylation sites is 4. The number of fused-ring (bicyclic) bond motifs is 12. The quantitative estimate of drug-likeness (QED) is 0.152. The average Bonchev–Trinajstić information content (AvgIpc) is 1.41. The maximum Gasteiger partial charge on any atom is 0.160 e. The first-order valence-corrected chi connectivity index (χ1v) is 29.5. The molecule has 6 heterocycles. The van der Waals surface area contributed by atoms with Gasteiger partial charge in [-0.05, 0) is 124 Å². The Balaban J connectivity index is 1.26. The molecule has 0 aliphatic rings. The molecule has 86 heavy (non-hydrogen) atoms. The Bertz CT molecular complexity index is 5570. The number of nitrogens with zero attached hydrogens (tertiary/aromatic N) is 7. The molecule has 0 bridgehead atoms. The number of rotatable bonds is 8. The fraction of sp³-hybridized carbons (Fsp3) is 0.0506. The van der Waals surface area contributed by atoms with E-state index in [0.29, 0.717) is 5.82 Å². The van der Waals surface area contributed by atoms with Gasteiger partial charge in [0.25, 0.3) is 0 Å². The first-order valence-electron chi connectivity index (χ1n) is 29.5. The lowest BCUT2D eigenvalue weighted by atomic mass is 9.90. The molecule has 0 atom stereocenters. The summed E-state index contributed by atoms with van der Waals surface area (Å²) in [6.07, 6.45) is 3.88. The third-order valence-corrected chi connectivity index (χ3v) is 17.7. The molecule has 0 aliphatic carbocycles. The van der Waals surface area contributed by atoms with Gasteiger partial charge in [0.05, 0.1) is 78.3 Å². The number of benzene rings is 11. The highest BCUT2D eigenvalue weighted by Crippen LogP contribution is 2.55. The molecule has 7 heteroatoms. The molecular weight excluding hydrogens is 1050 g/mol. The molecule has 17 aromatic rings. The highest BCUT2D eigenvalue weighted by molar-refractivity contribution is 6.19. The van der Waals surface area contributed by atoms with Crippen molar-refractivity contribution < 1.29 is 0 Å². The van der Waals surface area contributed by atoms with Crippen molar-refractivity contribution in [2.75, 3.05) is 0 Å². The smallest absolute Gasteiger partial charge is 0.160 e. The van der Waals surface area contributed by atoms with Crippen LogP contribution in [0.25, 0.3) is 155 Å². The van der Waals surface area contributed by atoms with E-state index in [1.165, 1.54) is 38.4 Å². The van der Waals surface area contributed by atoms with Gasteiger partial charge in [-0.2, -0.15) is 0 Å². The molecule has 0 aliphatic heterocycles. The van der Waals surface area contributed by atoms with Crippen LogP contribution in [-0.4, -0.2) is 33.2 Å². The second-order valence-corrected chi connectivity index (χ2v) is 23.1. The van der Waals surface area contributed by atoms with Crippen molar-refractivity contribution in [1.82, 2.24) is 33.2 Å². The van der Waals surface area contributed by atoms with Gasteiger partial charge in [-0.3, -0.25) is 4.98 Å². The average molecular weight is 1100 g/mol. The maximum atomic E-state index is 5.98. The van der Waals surface area contributed by atoms with E-state index < -0.39 is 0 Å². The van der Waals surface area contributed by atoms with Crippen molar-refractivity contribution in [3.05, 3.63) is 283 Å². The van der Waals surface area contributed by atoms with E-state index in [1.54, 1.807) is 0 Å². The van der Waals surface area contributed by atoms with Crippen LogP contribution in [0.5, 0.6) is 0 Å². The fourth-order valence-corrected chi connectivity index (χ4v) is 14.0. The minimum Gasteiger partial charge on any atom is -0.306 e. The fourth-order valence-electron chi connectivity index (χ4n) is 14.0. The van der Waals surface area contributed by atoms with Crippen LogP contribution < -0.4 is 0 Å².